The number of amides is 1. The molecule has 3 atom stereocenters. The Morgan fingerprint density at radius 1 is 1.32 bits per heavy atom. The van der Waals surface area contributed by atoms with Crippen molar-refractivity contribution >= 4 is 11.6 Å². The number of aryl methyl sites for hydroxylation is 1. The Morgan fingerprint density at radius 2 is 2.24 bits per heavy atom. The highest BCUT2D eigenvalue weighted by atomic mass is 16.5. The summed E-state index contributed by atoms with van der Waals surface area (Å²) < 4.78 is 11.4. The molecule has 4 rings (SSSR count). The third-order valence-electron chi connectivity index (χ3n) is 5.15. The number of hydrogen-bond acceptors (Lipinski definition) is 5. The Morgan fingerprint density at radius 3 is 3.00 bits per heavy atom. The number of ether oxygens (including phenoxy) is 1. The number of nitrogens with one attached hydrogen (secondary N) is 1. The van der Waals surface area contributed by atoms with Crippen LogP contribution in [0.25, 0.3) is 0 Å². The Bertz CT molecular complexity index is 731. The van der Waals surface area contributed by atoms with Crippen LogP contribution in [0.2, 0.25) is 0 Å². The number of aromatic nitrogens is 1. The number of furan rings is 1. The highest BCUT2D eigenvalue weighted by molar-refractivity contribution is 5.92. The molecule has 132 valence electrons. The van der Waals surface area contributed by atoms with E-state index in [0.29, 0.717) is 18.4 Å². The lowest BCUT2D eigenvalue weighted by atomic mass is 9.82. The lowest BCUT2D eigenvalue weighted by molar-refractivity contribution is -0.128. The first kappa shape index (κ1) is 16.3. The Balaban J connectivity index is 1.41. The average molecular weight is 341 g/mol. The highest BCUT2D eigenvalue weighted by Crippen LogP contribution is 2.35. The molecule has 2 aliphatic heterocycles. The van der Waals surface area contributed by atoms with E-state index >= 15 is 0 Å². The third-order valence-corrected chi connectivity index (χ3v) is 5.15. The number of carbonyl (C=O) groups excluding carboxylic acids is 1. The van der Waals surface area contributed by atoms with Crippen molar-refractivity contribution in [3.63, 3.8) is 0 Å². The van der Waals surface area contributed by atoms with Gasteiger partial charge in [0.15, 0.2) is 0 Å². The molecule has 2 fully saturated rings. The summed E-state index contributed by atoms with van der Waals surface area (Å²) in [5, 5.41) is 2.97. The first-order chi connectivity index (χ1) is 12.2. The number of hydrogen-bond donors (Lipinski definition) is 1. The monoisotopic (exact) mass is 341 g/mol. The fourth-order valence-corrected chi connectivity index (χ4v) is 3.95. The summed E-state index contributed by atoms with van der Waals surface area (Å²) in [6.07, 6.45) is 3.36. The normalized spacial score (nSPS) is 26.4. The van der Waals surface area contributed by atoms with Gasteiger partial charge in [-0.05, 0) is 43.0 Å². The van der Waals surface area contributed by atoms with Crippen LogP contribution in [0.3, 0.4) is 0 Å². The van der Waals surface area contributed by atoms with E-state index in [1.165, 1.54) is 0 Å². The van der Waals surface area contributed by atoms with Crippen molar-refractivity contribution in [2.75, 3.05) is 31.6 Å². The lowest BCUT2D eigenvalue weighted by Gasteiger charge is -2.32. The van der Waals surface area contributed by atoms with Gasteiger partial charge in [-0.1, -0.05) is 0 Å². The molecule has 6 heteroatoms. The Kier molecular flexibility index (Phi) is 4.55. The third kappa shape index (κ3) is 3.60. The zero-order valence-electron chi connectivity index (χ0n) is 14.4. The van der Waals surface area contributed by atoms with Gasteiger partial charge in [-0.2, -0.15) is 0 Å². The topological polar surface area (TPSA) is 67.6 Å². The van der Waals surface area contributed by atoms with Crippen molar-refractivity contribution in [1.82, 2.24) is 9.88 Å². The first-order valence-corrected chi connectivity index (χ1v) is 8.75. The number of anilines is 1. The van der Waals surface area contributed by atoms with Gasteiger partial charge < -0.3 is 14.5 Å². The van der Waals surface area contributed by atoms with Gasteiger partial charge in [-0.25, -0.2) is 0 Å². The quantitative estimate of drug-likeness (QED) is 0.924. The molecule has 0 aliphatic carbocycles. The van der Waals surface area contributed by atoms with E-state index in [-0.39, 0.29) is 11.8 Å². The molecule has 0 aromatic carbocycles. The molecular weight excluding hydrogens is 318 g/mol. The summed E-state index contributed by atoms with van der Waals surface area (Å²) in [4.78, 5) is 19.1. The summed E-state index contributed by atoms with van der Waals surface area (Å²) in [5.74, 6) is 2.54. The standard InChI is InChI=1S/C19H23N3O3/c1-13-4-5-16(25-13)9-22-8-14-11-24-12-18(17(14)10-22)19(23)21-15-3-2-6-20-7-15/h2-7,14,17-18H,8-12H2,1H3,(H,21,23)/t14-,17-,18-/m1/s1. The summed E-state index contributed by atoms with van der Waals surface area (Å²) in [5.41, 5.74) is 0.732. The molecule has 25 heavy (non-hydrogen) atoms. The molecule has 0 unspecified atom stereocenters. The number of likely N-dealkylation sites (tertiary alicyclic amines) is 1. The zero-order chi connectivity index (χ0) is 17.2. The van der Waals surface area contributed by atoms with Gasteiger partial charge in [0, 0.05) is 19.3 Å². The number of rotatable bonds is 4. The molecule has 1 N–H and O–H groups in total. The lowest BCUT2D eigenvalue weighted by Crippen LogP contribution is -2.41. The minimum absolute atomic E-state index is 0.0263. The molecule has 0 radical (unpaired) electrons. The van der Waals surface area contributed by atoms with Crippen LogP contribution in [-0.2, 0) is 16.1 Å². The van der Waals surface area contributed by atoms with E-state index < -0.39 is 0 Å². The van der Waals surface area contributed by atoms with Gasteiger partial charge in [0.05, 0.1) is 37.6 Å². The second-order valence-electron chi connectivity index (χ2n) is 7.01. The summed E-state index contributed by atoms with van der Waals surface area (Å²) in [7, 11) is 0. The minimum atomic E-state index is -0.123. The number of nitrogens with zero attached hydrogens (tertiary/aromatic N) is 2. The van der Waals surface area contributed by atoms with Crippen molar-refractivity contribution in [3.8, 4) is 0 Å². The molecule has 2 aromatic heterocycles. The van der Waals surface area contributed by atoms with Gasteiger partial charge >= 0.3 is 0 Å². The molecule has 4 heterocycles. The van der Waals surface area contributed by atoms with Gasteiger partial charge in [0.1, 0.15) is 11.5 Å². The molecule has 0 saturated carbocycles. The average Bonchev–Trinajstić information content (AvgIpc) is 3.21. The van der Waals surface area contributed by atoms with Crippen molar-refractivity contribution in [3.05, 3.63) is 48.2 Å². The summed E-state index contributed by atoms with van der Waals surface area (Å²) in [6, 6.07) is 7.69. The van der Waals surface area contributed by atoms with Crippen LogP contribution >= 0.6 is 0 Å². The predicted octanol–water partition coefficient (Wildman–Crippen LogP) is 2.32. The molecule has 2 aliphatic rings. The molecule has 0 bridgehead atoms. The van der Waals surface area contributed by atoms with Gasteiger partial charge in [-0.15, -0.1) is 0 Å². The highest BCUT2D eigenvalue weighted by Gasteiger charge is 2.44. The smallest absolute Gasteiger partial charge is 0.230 e. The van der Waals surface area contributed by atoms with Crippen LogP contribution in [0.5, 0.6) is 0 Å². The molecule has 2 aromatic rings. The predicted molar refractivity (Wildman–Crippen MR) is 92.9 cm³/mol. The maximum atomic E-state index is 12.7. The van der Waals surface area contributed by atoms with Crippen LogP contribution in [0.4, 0.5) is 5.69 Å². The van der Waals surface area contributed by atoms with Crippen LogP contribution < -0.4 is 5.32 Å². The SMILES string of the molecule is Cc1ccc(CN2C[C@@H]3COC[C@@H](C(=O)Nc4cccnc4)[C@@H]3C2)o1. The number of fused-ring (bicyclic) bond motifs is 1. The minimum Gasteiger partial charge on any atom is -0.465 e. The Hall–Kier alpha value is -2.18. The molecule has 0 spiro atoms. The first-order valence-electron chi connectivity index (χ1n) is 8.75. The van der Waals surface area contributed by atoms with Gasteiger partial charge in [-0.3, -0.25) is 14.7 Å². The second-order valence-corrected chi connectivity index (χ2v) is 7.01. The summed E-state index contributed by atoms with van der Waals surface area (Å²) >= 11 is 0. The fourth-order valence-electron chi connectivity index (χ4n) is 3.95. The zero-order valence-corrected chi connectivity index (χ0v) is 14.4. The van der Waals surface area contributed by atoms with Gasteiger partial charge in [0.25, 0.3) is 0 Å². The summed E-state index contributed by atoms with van der Waals surface area (Å²) in [6.45, 7) is 5.81. The molecule has 1 amide bonds. The molecular formula is C19H23N3O3. The van der Waals surface area contributed by atoms with Crippen LogP contribution in [0, 0.1) is 24.7 Å². The van der Waals surface area contributed by atoms with E-state index in [4.69, 9.17) is 9.15 Å². The van der Waals surface area contributed by atoms with Crippen LogP contribution in [0.1, 0.15) is 11.5 Å². The van der Waals surface area contributed by atoms with E-state index in [9.17, 15) is 4.79 Å². The van der Waals surface area contributed by atoms with E-state index in [2.05, 4.69) is 15.2 Å². The Labute approximate surface area is 147 Å². The van der Waals surface area contributed by atoms with Crippen molar-refractivity contribution in [2.45, 2.75) is 13.5 Å². The number of pyridine rings is 1. The van der Waals surface area contributed by atoms with Gasteiger partial charge in [0.2, 0.25) is 5.91 Å². The van der Waals surface area contributed by atoms with Crippen LogP contribution in [0.15, 0.2) is 41.1 Å². The van der Waals surface area contributed by atoms with E-state index in [1.54, 1.807) is 12.4 Å². The van der Waals surface area contributed by atoms with Crippen molar-refractivity contribution < 1.29 is 13.9 Å². The van der Waals surface area contributed by atoms with E-state index in [1.807, 2.05) is 31.2 Å². The maximum absolute atomic E-state index is 12.7. The second kappa shape index (κ2) is 6.98. The van der Waals surface area contributed by atoms with Crippen LogP contribution in [-0.4, -0.2) is 42.1 Å². The maximum Gasteiger partial charge on any atom is 0.230 e. The van der Waals surface area contributed by atoms with Crippen molar-refractivity contribution in [1.29, 1.82) is 0 Å². The fraction of sp³-hybridized carbons (Fsp3) is 0.474. The van der Waals surface area contributed by atoms with E-state index in [0.717, 1.165) is 43.4 Å². The molecule has 6 nitrogen and oxygen atoms in total. The number of carbonyl (C=O) groups is 1. The van der Waals surface area contributed by atoms with Crippen molar-refractivity contribution in [2.24, 2.45) is 17.8 Å². The largest absolute Gasteiger partial charge is 0.465 e. The molecule has 2 saturated heterocycles.